The van der Waals surface area contributed by atoms with Crippen LogP contribution in [-0.2, 0) is 9.53 Å². The molecule has 2 aliphatic carbocycles. The van der Waals surface area contributed by atoms with Gasteiger partial charge in [-0.25, -0.2) is 0 Å². The molecule has 3 atom stereocenters. The number of allylic oxidation sites excluding steroid dienone is 1. The molecule has 0 spiro atoms. The molecule has 0 aromatic rings. The van der Waals surface area contributed by atoms with Gasteiger partial charge in [-0.2, -0.15) is 0 Å². The van der Waals surface area contributed by atoms with E-state index in [4.69, 9.17) is 4.74 Å². The molecule has 0 aliphatic heterocycles. The van der Waals surface area contributed by atoms with Gasteiger partial charge in [0.2, 0.25) is 0 Å². The molecule has 2 aliphatic rings. The highest BCUT2D eigenvalue weighted by Crippen LogP contribution is 2.40. The highest BCUT2D eigenvalue weighted by molar-refractivity contribution is 5.73. The SMILES string of the molecule is COC(=O)[C@@H]1CCC=C2[C@H](O)CCC[C@@H]21. The quantitative estimate of drug-likeness (QED) is 0.529. The number of methoxy groups -OCH3 is 1. The van der Waals surface area contributed by atoms with Crippen molar-refractivity contribution < 1.29 is 14.6 Å². The second-order valence-electron chi connectivity index (χ2n) is 4.46. The largest absolute Gasteiger partial charge is 0.469 e. The standard InChI is InChI=1S/C12H18O3/c1-15-12(14)10-6-2-5-9-8(10)4-3-7-11(9)13/h5,8,10-11,13H,2-4,6-7H2,1H3/t8-,10+,11+/m0/s1. The van der Waals surface area contributed by atoms with Gasteiger partial charge in [-0.15, -0.1) is 0 Å². The highest BCUT2D eigenvalue weighted by Gasteiger charge is 2.38. The zero-order valence-electron chi connectivity index (χ0n) is 9.11. The van der Waals surface area contributed by atoms with Crippen molar-refractivity contribution in [1.29, 1.82) is 0 Å². The summed E-state index contributed by atoms with van der Waals surface area (Å²) in [4.78, 5) is 11.6. The van der Waals surface area contributed by atoms with E-state index in [1.807, 2.05) is 0 Å². The Hall–Kier alpha value is -0.830. The lowest BCUT2D eigenvalue weighted by Gasteiger charge is -2.36. The molecule has 0 unspecified atom stereocenters. The average molecular weight is 210 g/mol. The van der Waals surface area contributed by atoms with Crippen molar-refractivity contribution in [1.82, 2.24) is 0 Å². The number of hydrogen-bond acceptors (Lipinski definition) is 3. The third kappa shape index (κ3) is 1.93. The van der Waals surface area contributed by atoms with Crippen molar-refractivity contribution in [3.05, 3.63) is 11.6 Å². The fourth-order valence-corrected chi connectivity index (χ4v) is 2.90. The first-order valence-electron chi connectivity index (χ1n) is 5.70. The molecule has 1 saturated carbocycles. The topological polar surface area (TPSA) is 46.5 Å². The van der Waals surface area contributed by atoms with E-state index in [-0.39, 0.29) is 23.9 Å². The first-order chi connectivity index (χ1) is 7.24. The Labute approximate surface area is 90.1 Å². The van der Waals surface area contributed by atoms with E-state index in [0.717, 1.165) is 37.7 Å². The molecule has 2 rings (SSSR count). The molecule has 0 aromatic heterocycles. The molecule has 3 heteroatoms. The number of esters is 1. The van der Waals surface area contributed by atoms with Crippen molar-refractivity contribution in [2.75, 3.05) is 7.11 Å². The van der Waals surface area contributed by atoms with Crippen LogP contribution in [0.25, 0.3) is 0 Å². The van der Waals surface area contributed by atoms with E-state index in [2.05, 4.69) is 6.08 Å². The summed E-state index contributed by atoms with van der Waals surface area (Å²) in [7, 11) is 1.44. The summed E-state index contributed by atoms with van der Waals surface area (Å²) < 4.78 is 4.83. The van der Waals surface area contributed by atoms with Gasteiger partial charge in [-0.3, -0.25) is 4.79 Å². The first-order valence-corrected chi connectivity index (χ1v) is 5.70. The monoisotopic (exact) mass is 210 g/mol. The molecule has 0 radical (unpaired) electrons. The molecular weight excluding hydrogens is 192 g/mol. The van der Waals surface area contributed by atoms with Gasteiger partial charge in [-0.1, -0.05) is 6.08 Å². The number of carbonyl (C=O) groups excluding carboxylic acids is 1. The normalized spacial score (nSPS) is 35.3. The van der Waals surface area contributed by atoms with Crippen molar-refractivity contribution in [3.63, 3.8) is 0 Å². The van der Waals surface area contributed by atoms with E-state index in [1.165, 1.54) is 7.11 Å². The summed E-state index contributed by atoms with van der Waals surface area (Å²) in [6.07, 6.45) is 6.43. The van der Waals surface area contributed by atoms with Crippen molar-refractivity contribution in [3.8, 4) is 0 Å². The van der Waals surface area contributed by atoms with Gasteiger partial charge in [0.25, 0.3) is 0 Å². The number of aliphatic hydroxyl groups excluding tert-OH is 1. The van der Waals surface area contributed by atoms with E-state index < -0.39 is 0 Å². The van der Waals surface area contributed by atoms with Crippen molar-refractivity contribution in [2.24, 2.45) is 11.8 Å². The molecule has 1 fully saturated rings. The molecule has 0 aromatic carbocycles. The summed E-state index contributed by atoms with van der Waals surface area (Å²) in [6.45, 7) is 0. The minimum absolute atomic E-state index is 0.0232. The van der Waals surface area contributed by atoms with E-state index in [0.29, 0.717) is 0 Å². The zero-order chi connectivity index (χ0) is 10.8. The Morgan fingerprint density at radius 2 is 2.27 bits per heavy atom. The van der Waals surface area contributed by atoms with Crippen LogP contribution in [0.5, 0.6) is 0 Å². The molecule has 1 N–H and O–H groups in total. The lowest BCUT2D eigenvalue weighted by atomic mass is 9.70. The molecule has 0 bridgehead atoms. The zero-order valence-corrected chi connectivity index (χ0v) is 9.11. The summed E-state index contributed by atoms with van der Waals surface area (Å²) in [5.41, 5.74) is 1.09. The van der Waals surface area contributed by atoms with Crippen LogP contribution >= 0.6 is 0 Å². The van der Waals surface area contributed by atoms with Crippen LogP contribution in [0.1, 0.15) is 32.1 Å². The molecule has 3 nitrogen and oxygen atoms in total. The van der Waals surface area contributed by atoms with Crippen LogP contribution < -0.4 is 0 Å². The van der Waals surface area contributed by atoms with Crippen LogP contribution in [0.4, 0.5) is 0 Å². The van der Waals surface area contributed by atoms with Gasteiger partial charge < -0.3 is 9.84 Å². The van der Waals surface area contributed by atoms with Gasteiger partial charge in [0.15, 0.2) is 0 Å². The van der Waals surface area contributed by atoms with Gasteiger partial charge >= 0.3 is 5.97 Å². The number of ether oxygens (including phenoxy) is 1. The Kier molecular flexibility index (Phi) is 3.10. The molecule has 0 amide bonds. The van der Waals surface area contributed by atoms with Gasteiger partial charge in [0.1, 0.15) is 0 Å². The third-order valence-electron chi connectivity index (χ3n) is 3.65. The van der Waals surface area contributed by atoms with Crippen LogP contribution in [0.2, 0.25) is 0 Å². The molecule has 0 heterocycles. The lowest BCUT2D eigenvalue weighted by Crippen LogP contribution is -2.35. The smallest absolute Gasteiger partial charge is 0.309 e. The Balaban J connectivity index is 2.18. The van der Waals surface area contributed by atoms with Crippen molar-refractivity contribution in [2.45, 2.75) is 38.2 Å². The van der Waals surface area contributed by atoms with Gasteiger partial charge in [0, 0.05) is 0 Å². The second-order valence-corrected chi connectivity index (χ2v) is 4.46. The number of fused-ring (bicyclic) bond motifs is 1. The lowest BCUT2D eigenvalue weighted by molar-refractivity contribution is -0.147. The molecule has 84 valence electrons. The summed E-state index contributed by atoms with van der Waals surface area (Å²) in [5.74, 6) is 0.0969. The van der Waals surface area contributed by atoms with Crippen LogP contribution in [-0.4, -0.2) is 24.3 Å². The fourth-order valence-electron chi connectivity index (χ4n) is 2.90. The summed E-state index contributed by atoms with van der Waals surface area (Å²) in [5, 5.41) is 9.86. The van der Waals surface area contributed by atoms with E-state index >= 15 is 0 Å². The predicted octanol–water partition coefficient (Wildman–Crippen LogP) is 1.66. The predicted molar refractivity (Wildman–Crippen MR) is 56.2 cm³/mol. The van der Waals surface area contributed by atoms with Crippen molar-refractivity contribution >= 4 is 5.97 Å². The van der Waals surface area contributed by atoms with Crippen LogP contribution in [0.15, 0.2) is 11.6 Å². The fraction of sp³-hybridized carbons (Fsp3) is 0.750. The summed E-state index contributed by atoms with van der Waals surface area (Å²) >= 11 is 0. The summed E-state index contributed by atoms with van der Waals surface area (Å²) in [6, 6.07) is 0. The Bertz CT molecular complexity index is 283. The van der Waals surface area contributed by atoms with Crippen LogP contribution in [0, 0.1) is 11.8 Å². The van der Waals surface area contributed by atoms with Gasteiger partial charge in [0.05, 0.1) is 19.1 Å². The van der Waals surface area contributed by atoms with Gasteiger partial charge in [-0.05, 0) is 43.6 Å². The maximum atomic E-state index is 11.6. The second kappa shape index (κ2) is 4.35. The number of rotatable bonds is 1. The minimum atomic E-state index is -0.323. The first kappa shape index (κ1) is 10.7. The van der Waals surface area contributed by atoms with Crippen LogP contribution in [0.3, 0.4) is 0 Å². The highest BCUT2D eigenvalue weighted by atomic mass is 16.5. The maximum Gasteiger partial charge on any atom is 0.309 e. The number of aliphatic hydroxyl groups is 1. The maximum absolute atomic E-state index is 11.6. The third-order valence-corrected chi connectivity index (χ3v) is 3.65. The van der Waals surface area contributed by atoms with E-state index in [9.17, 15) is 9.90 Å². The minimum Gasteiger partial charge on any atom is -0.469 e. The Morgan fingerprint density at radius 1 is 1.47 bits per heavy atom. The number of hydrogen-bond donors (Lipinski definition) is 1. The molecule has 15 heavy (non-hydrogen) atoms. The molecule has 0 saturated heterocycles. The molecular formula is C12H18O3. The van der Waals surface area contributed by atoms with E-state index in [1.54, 1.807) is 0 Å². The Morgan fingerprint density at radius 3 is 3.00 bits per heavy atom. The number of carbonyl (C=O) groups is 1. The average Bonchev–Trinajstić information content (AvgIpc) is 2.28.